The summed E-state index contributed by atoms with van der Waals surface area (Å²) in [7, 11) is 0. The number of aromatic nitrogens is 2. The molecule has 1 heterocycles. The third kappa shape index (κ3) is 7.97. The predicted molar refractivity (Wildman–Crippen MR) is 141 cm³/mol. The number of fused-ring (bicyclic) bond motifs is 2. The Kier molecular flexibility index (Phi) is 9.62. The monoisotopic (exact) mass is 517 g/mol. The predicted octanol–water partition coefficient (Wildman–Crippen LogP) is 3.71. The van der Waals surface area contributed by atoms with Crippen molar-refractivity contribution < 1.29 is 23.9 Å². The number of nitrogens with zero attached hydrogens (tertiary/aromatic N) is 2. The first-order valence-corrected chi connectivity index (χ1v) is 13.4. The second kappa shape index (κ2) is 12.5. The van der Waals surface area contributed by atoms with Crippen molar-refractivity contribution in [2.75, 3.05) is 13.2 Å². The van der Waals surface area contributed by atoms with E-state index in [2.05, 4.69) is 15.7 Å². The highest BCUT2D eigenvalue weighted by molar-refractivity contribution is 5.96. The minimum absolute atomic E-state index is 0.0482. The Morgan fingerprint density at radius 3 is 2.51 bits per heavy atom. The van der Waals surface area contributed by atoms with E-state index in [1.54, 1.807) is 17.8 Å². The number of rotatable bonds is 11. The van der Waals surface area contributed by atoms with Gasteiger partial charge >= 0.3 is 6.09 Å². The van der Waals surface area contributed by atoms with Crippen LogP contribution in [0.4, 0.5) is 4.79 Å². The number of primary amides is 1. The zero-order valence-electron chi connectivity index (χ0n) is 22.8. The lowest BCUT2D eigenvalue weighted by atomic mass is 9.65. The molecule has 2 aliphatic carbocycles. The van der Waals surface area contributed by atoms with Crippen molar-refractivity contribution in [1.82, 2.24) is 20.4 Å². The van der Waals surface area contributed by atoms with Crippen molar-refractivity contribution in [3.63, 3.8) is 0 Å². The lowest BCUT2D eigenvalue weighted by molar-refractivity contribution is -0.121. The molecule has 0 radical (unpaired) electrons. The fourth-order valence-electron chi connectivity index (χ4n) is 5.42. The molecule has 10 heteroatoms. The summed E-state index contributed by atoms with van der Waals surface area (Å²) in [5.74, 6) is 1.32. The van der Waals surface area contributed by atoms with Gasteiger partial charge in [0, 0.05) is 18.7 Å². The van der Waals surface area contributed by atoms with E-state index in [-0.39, 0.29) is 29.7 Å². The van der Waals surface area contributed by atoms with E-state index >= 15 is 0 Å². The first kappa shape index (κ1) is 28.5. The van der Waals surface area contributed by atoms with Gasteiger partial charge in [0.1, 0.15) is 5.56 Å². The highest BCUT2D eigenvalue weighted by atomic mass is 16.5. The first-order chi connectivity index (χ1) is 17.5. The van der Waals surface area contributed by atoms with Crippen LogP contribution in [0.3, 0.4) is 0 Å². The van der Waals surface area contributed by atoms with E-state index < -0.39 is 11.6 Å². The average Bonchev–Trinajstić information content (AvgIpc) is 3.23. The zero-order chi connectivity index (χ0) is 27.2. The second-order valence-corrected chi connectivity index (χ2v) is 11.4. The summed E-state index contributed by atoms with van der Waals surface area (Å²) in [5.41, 5.74) is 4.95. The van der Waals surface area contributed by atoms with Gasteiger partial charge in [-0.1, -0.05) is 27.2 Å². The molecule has 1 aromatic heterocycles. The van der Waals surface area contributed by atoms with Crippen molar-refractivity contribution in [3.05, 3.63) is 17.8 Å². The van der Waals surface area contributed by atoms with Crippen LogP contribution in [0.15, 0.2) is 12.3 Å². The molecule has 10 nitrogen and oxygen atoms in total. The lowest BCUT2D eigenvalue weighted by Crippen LogP contribution is -2.51. The van der Waals surface area contributed by atoms with Gasteiger partial charge in [0.25, 0.3) is 5.91 Å². The summed E-state index contributed by atoms with van der Waals surface area (Å²) in [6.07, 6.45) is 9.75. The van der Waals surface area contributed by atoms with Crippen LogP contribution in [0.2, 0.25) is 0 Å². The highest BCUT2D eigenvalue weighted by Crippen LogP contribution is 2.43. The Morgan fingerprint density at radius 2 is 1.92 bits per heavy atom. The molecule has 206 valence electrons. The second-order valence-electron chi connectivity index (χ2n) is 11.4. The number of nitrogens with two attached hydrogens (primary N) is 1. The average molecular weight is 518 g/mol. The number of hydrogen-bond donors (Lipinski definition) is 3. The summed E-state index contributed by atoms with van der Waals surface area (Å²) in [4.78, 5) is 36.4. The quantitative estimate of drug-likeness (QED) is 0.409. The first-order valence-electron chi connectivity index (χ1n) is 13.4. The maximum absolute atomic E-state index is 13.5. The Bertz CT molecular complexity index is 972. The standard InChI is InChI=1S/C27H43N5O5/c1-6-22(33)31-27(4,5)10-11-32-25(36-15-17(2)3)21(14-29-32)24(34)30-23-19-8-7-9-20(23)13-18(12-19)16-37-26(28)35/h10-11,14,17-20,23H,6-9,12-13,15-16H2,1-5H3,(H2,28,35)(H,30,34)(H,31,33)/b11-10+. The molecular weight excluding hydrogens is 474 g/mol. The van der Waals surface area contributed by atoms with Gasteiger partial charge in [-0.05, 0) is 69.3 Å². The van der Waals surface area contributed by atoms with Crippen LogP contribution in [0, 0.1) is 23.7 Å². The Labute approximate surface area is 219 Å². The summed E-state index contributed by atoms with van der Waals surface area (Å²) in [6.45, 7) is 10.5. The number of amides is 3. The molecule has 0 aromatic carbocycles. The fourth-order valence-corrected chi connectivity index (χ4v) is 5.42. The lowest BCUT2D eigenvalue weighted by Gasteiger charge is -2.45. The van der Waals surface area contributed by atoms with Crippen LogP contribution in [0.25, 0.3) is 6.20 Å². The molecule has 0 saturated heterocycles. The molecule has 2 aliphatic rings. The van der Waals surface area contributed by atoms with Crippen molar-refractivity contribution in [2.45, 2.75) is 84.7 Å². The third-order valence-electron chi connectivity index (χ3n) is 7.16. The molecule has 2 bridgehead atoms. The molecule has 2 fully saturated rings. The molecule has 37 heavy (non-hydrogen) atoms. The zero-order valence-corrected chi connectivity index (χ0v) is 22.8. The van der Waals surface area contributed by atoms with Gasteiger partial charge in [-0.25, -0.2) is 9.48 Å². The van der Waals surface area contributed by atoms with Crippen LogP contribution in [0.5, 0.6) is 5.88 Å². The van der Waals surface area contributed by atoms with Crippen molar-refractivity contribution in [2.24, 2.45) is 29.4 Å². The molecule has 3 rings (SSSR count). The van der Waals surface area contributed by atoms with Gasteiger partial charge in [-0.2, -0.15) is 5.10 Å². The van der Waals surface area contributed by atoms with E-state index in [4.69, 9.17) is 15.2 Å². The van der Waals surface area contributed by atoms with Crippen LogP contribution in [-0.2, 0) is 9.53 Å². The molecule has 1 aromatic rings. The number of carbonyl (C=O) groups excluding carboxylic acids is 3. The van der Waals surface area contributed by atoms with Crippen LogP contribution < -0.4 is 21.1 Å². The minimum Gasteiger partial charge on any atom is -0.477 e. The minimum atomic E-state index is -0.739. The van der Waals surface area contributed by atoms with E-state index in [1.807, 2.05) is 33.8 Å². The van der Waals surface area contributed by atoms with E-state index in [9.17, 15) is 14.4 Å². The normalized spacial score (nSPS) is 23.6. The molecule has 3 amide bonds. The fraction of sp³-hybridized carbons (Fsp3) is 0.704. The molecule has 2 saturated carbocycles. The SMILES string of the molecule is CCC(=O)NC(C)(C)/C=C/n1ncc(C(=O)NC2C3CCCC2CC(COC(N)=O)C3)c1OCC(C)C. The molecular formula is C27H43N5O5. The number of hydrogen-bond acceptors (Lipinski definition) is 6. The topological polar surface area (TPSA) is 138 Å². The van der Waals surface area contributed by atoms with Crippen LogP contribution in [0.1, 0.15) is 83.5 Å². The Hall–Kier alpha value is -3.04. The molecule has 2 unspecified atom stereocenters. The Balaban J connectivity index is 1.76. The van der Waals surface area contributed by atoms with Gasteiger partial charge in [0.2, 0.25) is 11.8 Å². The molecule has 0 spiro atoms. The summed E-state index contributed by atoms with van der Waals surface area (Å²) >= 11 is 0. The van der Waals surface area contributed by atoms with Crippen molar-refractivity contribution >= 4 is 24.1 Å². The number of carbonyl (C=O) groups is 3. The van der Waals surface area contributed by atoms with E-state index in [0.29, 0.717) is 42.9 Å². The maximum Gasteiger partial charge on any atom is 0.404 e. The number of nitrogens with one attached hydrogen (secondary N) is 2. The van der Waals surface area contributed by atoms with Crippen LogP contribution >= 0.6 is 0 Å². The van der Waals surface area contributed by atoms with Gasteiger partial charge in [0.15, 0.2) is 0 Å². The molecule has 4 N–H and O–H groups in total. The van der Waals surface area contributed by atoms with Crippen molar-refractivity contribution in [3.8, 4) is 5.88 Å². The summed E-state index contributed by atoms with van der Waals surface area (Å²) in [6, 6.07) is 0.0612. The largest absolute Gasteiger partial charge is 0.477 e. The van der Waals surface area contributed by atoms with Crippen molar-refractivity contribution in [1.29, 1.82) is 0 Å². The summed E-state index contributed by atoms with van der Waals surface area (Å²) < 4.78 is 12.7. The van der Waals surface area contributed by atoms with Crippen LogP contribution in [-0.4, -0.2) is 52.5 Å². The summed E-state index contributed by atoms with van der Waals surface area (Å²) in [5, 5.41) is 10.6. The molecule has 2 atom stereocenters. The maximum atomic E-state index is 13.5. The van der Waals surface area contributed by atoms with E-state index in [1.165, 1.54) is 6.20 Å². The van der Waals surface area contributed by atoms with E-state index in [0.717, 1.165) is 32.1 Å². The third-order valence-corrected chi connectivity index (χ3v) is 7.16. The molecule has 0 aliphatic heterocycles. The smallest absolute Gasteiger partial charge is 0.404 e. The van der Waals surface area contributed by atoms with Gasteiger partial charge in [-0.15, -0.1) is 0 Å². The van der Waals surface area contributed by atoms with Gasteiger partial charge in [0.05, 0.1) is 24.9 Å². The number of ether oxygens (including phenoxy) is 2. The Morgan fingerprint density at radius 1 is 1.24 bits per heavy atom. The highest BCUT2D eigenvalue weighted by Gasteiger charge is 2.41. The van der Waals surface area contributed by atoms with Gasteiger partial charge in [-0.3, -0.25) is 9.59 Å². The van der Waals surface area contributed by atoms with Gasteiger partial charge < -0.3 is 25.8 Å².